The van der Waals surface area contributed by atoms with E-state index in [0.29, 0.717) is 64.9 Å². The smallest absolute Gasteiger partial charge is 0.129 e. The molecule has 9 heteroatoms. The van der Waals surface area contributed by atoms with Gasteiger partial charge in [-0.1, -0.05) is 324 Å². The highest BCUT2D eigenvalue weighted by Gasteiger charge is 2.04. The first-order valence-electron chi connectivity index (χ1n) is 35.7. The molecule has 0 aliphatic carbocycles. The molecule has 0 bridgehead atoms. The Labute approximate surface area is 592 Å². The van der Waals surface area contributed by atoms with Crippen LogP contribution in [0, 0.1) is 43.4 Å². The van der Waals surface area contributed by atoms with Crippen LogP contribution in [0.2, 0.25) is 0 Å². The number of halogens is 1. The molecule has 8 nitrogen and oxygen atoms in total. The first-order chi connectivity index (χ1) is 44.4. The van der Waals surface area contributed by atoms with Crippen LogP contribution >= 0.6 is 0 Å². The Morgan fingerprint density at radius 3 is 1.16 bits per heavy atom. The standard InChI is InChI=1S/C10H14O.2C10H14.C9H18O.2C9H12.C7H13N3O.C7H10O.C5H11F.C5H13N.C5H12.CH4/c1-8(2)9-5-4-6-10(7-9)11-3;2*1-8(2)10-6-4-9(3)5-7-10;1-8(2)6-4-5-7-9(3)10;2*1-8(2)9-6-4-3-5-7-9;1-6(2)3-10-4-7(5-11)8-9-10;1-6(2)7-3-4-8-5-7;2*1-4(2)5(3)6;1-4-5(2)3;/h4-8H,1-3H3;2*4-8H,1-3H3;8H,4-7H2,1-3H3;2*3-8H,1-2H3;4,6,11H,3,5H2,1-2H3;3-6H,1-2H3;4-5H,1-3H3;4-5H,6H2,1-3H3;5H,4H2,1-3H3;1H4. The zero-order valence-corrected chi connectivity index (χ0v) is 65.9. The highest BCUT2D eigenvalue weighted by Crippen LogP contribution is 2.20. The maximum absolute atomic E-state index is 11.8. The molecule has 0 amide bonds. The molecule has 2 aromatic heterocycles. The summed E-state index contributed by atoms with van der Waals surface area (Å²) in [6, 6.07) is 49.0. The third-order valence-electron chi connectivity index (χ3n) is 15.0. The number of hydrogen-bond donors (Lipinski definition) is 2. The topological polar surface area (TPSA) is 116 Å². The number of hydrogen-bond acceptors (Lipinski definition) is 7. The van der Waals surface area contributed by atoms with Gasteiger partial charge >= 0.3 is 0 Å². The molecular formula is C87H147FN4O4. The third kappa shape index (κ3) is 60.3. The predicted octanol–water partition coefficient (Wildman–Crippen LogP) is 26.0. The minimum Gasteiger partial charge on any atom is -0.497 e. The number of carbonyl (C=O) groups excluding carboxylic acids is 1. The number of nitrogens with zero attached hydrogens (tertiary/aromatic N) is 3. The van der Waals surface area contributed by atoms with Crippen LogP contribution in [0.25, 0.3) is 0 Å². The van der Waals surface area contributed by atoms with Crippen LogP contribution in [-0.2, 0) is 17.9 Å². The van der Waals surface area contributed by atoms with Crippen LogP contribution in [0.1, 0.15) is 305 Å². The summed E-state index contributed by atoms with van der Waals surface area (Å²) in [5, 5.41) is 16.3. The first kappa shape index (κ1) is 98.5. The number of rotatable bonds is 18. The van der Waals surface area contributed by atoms with Gasteiger partial charge in [0.2, 0.25) is 0 Å². The van der Waals surface area contributed by atoms with Crippen molar-refractivity contribution in [1.29, 1.82) is 0 Å². The van der Waals surface area contributed by atoms with Gasteiger partial charge in [0.1, 0.15) is 17.2 Å². The Kier molecular flexibility index (Phi) is 62.8. The number of benzene rings is 5. The van der Waals surface area contributed by atoms with E-state index in [1.54, 1.807) is 44.4 Å². The molecule has 7 rings (SSSR count). The summed E-state index contributed by atoms with van der Waals surface area (Å²) in [6.45, 7) is 59.9. The summed E-state index contributed by atoms with van der Waals surface area (Å²) in [5.74, 6) is 8.10. The fraction of sp³-hybridized carbons (Fsp3) is 0.575. The van der Waals surface area contributed by atoms with E-state index in [0.717, 1.165) is 37.0 Å². The molecule has 2 heterocycles. The van der Waals surface area contributed by atoms with Crippen molar-refractivity contribution in [3.05, 3.63) is 208 Å². The fourth-order valence-electron chi connectivity index (χ4n) is 6.98. The van der Waals surface area contributed by atoms with Crippen molar-refractivity contribution in [2.45, 2.75) is 294 Å². The maximum Gasteiger partial charge on any atom is 0.129 e. The fourth-order valence-corrected chi connectivity index (χ4v) is 6.98. The van der Waals surface area contributed by atoms with Gasteiger partial charge in [-0.15, -0.1) is 5.10 Å². The quantitative estimate of drug-likeness (QED) is 0.0822. The van der Waals surface area contributed by atoms with Gasteiger partial charge in [0.15, 0.2) is 0 Å². The molecule has 5 aromatic carbocycles. The van der Waals surface area contributed by atoms with Gasteiger partial charge in [-0.25, -0.2) is 4.39 Å². The van der Waals surface area contributed by atoms with Gasteiger partial charge in [0, 0.05) is 19.0 Å². The highest BCUT2D eigenvalue weighted by atomic mass is 19.1. The Hall–Kier alpha value is -6.16. The van der Waals surface area contributed by atoms with Crippen molar-refractivity contribution >= 4 is 5.78 Å². The van der Waals surface area contributed by atoms with E-state index in [1.165, 1.54) is 63.8 Å². The summed E-state index contributed by atoms with van der Waals surface area (Å²) in [5.41, 5.74) is 17.0. The van der Waals surface area contributed by atoms with Crippen molar-refractivity contribution in [2.24, 2.45) is 35.3 Å². The molecule has 2 unspecified atom stereocenters. The molecular weight excluding hydrogens is 1180 g/mol. The van der Waals surface area contributed by atoms with Crippen LogP contribution in [0.4, 0.5) is 4.39 Å². The average molecular weight is 1330 g/mol. The Morgan fingerprint density at radius 1 is 0.531 bits per heavy atom. The second-order valence-electron chi connectivity index (χ2n) is 28.6. The Morgan fingerprint density at radius 2 is 0.906 bits per heavy atom. The van der Waals surface area contributed by atoms with E-state index < -0.39 is 6.17 Å². The SMILES string of the molecule is C.CC(=O)CCCCC(C)C.CC(C)C(C)F.CC(C)C(C)N.CC(C)Cn1cc(CO)nn1.CC(C)c1ccccc1.CC(C)c1ccccc1.CC(C)c1ccoc1.CCC(C)C.COc1cccc(C(C)C)c1.Cc1ccc(C(C)C)cc1.Cc1ccc(C(C)C)cc1. The van der Waals surface area contributed by atoms with Crippen molar-refractivity contribution in [3.63, 3.8) is 0 Å². The van der Waals surface area contributed by atoms with Crippen LogP contribution in [0.5, 0.6) is 5.75 Å². The lowest BCUT2D eigenvalue weighted by Crippen LogP contribution is -2.21. The maximum atomic E-state index is 11.8. The number of carbonyl (C=O) groups is 1. The molecule has 0 aliphatic heterocycles. The van der Waals surface area contributed by atoms with Crippen LogP contribution in [0.3, 0.4) is 0 Å². The van der Waals surface area contributed by atoms with Gasteiger partial charge in [-0.3, -0.25) is 4.68 Å². The molecule has 0 spiro atoms. The molecule has 7 aromatic rings. The number of aliphatic hydroxyl groups is 1. The molecule has 0 saturated carbocycles. The van der Waals surface area contributed by atoms with E-state index >= 15 is 0 Å². The Bertz CT molecular complexity index is 2620. The van der Waals surface area contributed by atoms with Gasteiger partial charge in [-0.05, 0) is 158 Å². The normalized spacial score (nSPS) is 10.9. The third-order valence-corrected chi connectivity index (χ3v) is 15.0. The van der Waals surface area contributed by atoms with Crippen molar-refractivity contribution in [2.75, 3.05) is 7.11 Å². The summed E-state index contributed by atoms with van der Waals surface area (Å²) in [7, 11) is 1.69. The average Bonchev–Trinajstić information content (AvgIpc) is 3.16. The second-order valence-corrected chi connectivity index (χ2v) is 28.6. The van der Waals surface area contributed by atoms with Crippen LogP contribution in [-0.4, -0.2) is 45.2 Å². The lowest BCUT2D eigenvalue weighted by atomic mass is 10.0. The van der Waals surface area contributed by atoms with Gasteiger partial charge in [-0.2, -0.15) is 0 Å². The molecule has 0 saturated heterocycles. The van der Waals surface area contributed by atoms with Crippen molar-refractivity contribution in [3.8, 4) is 5.75 Å². The number of methoxy groups -OCH3 is 1. The number of ether oxygens (including phenoxy) is 1. The van der Waals surface area contributed by atoms with Gasteiger partial charge < -0.3 is 24.8 Å². The summed E-state index contributed by atoms with van der Waals surface area (Å²) < 4.78 is 23.6. The van der Waals surface area contributed by atoms with E-state index in [1.807, 2.05) is 51.1 Å². The lowest BCUT2D eigenvalue weighted by Gasteiger charge is -2.06. The largest absolute Gasteiger partial charge is 0.497 e. The number of ketones is 1. The number of aliphatic hydroxyl groups excluding tert-OH is 1. The summed E-state index contributed by atoms with van der Waals surface area (Å²) in [6.07, 6.45) is 10.2. The predicted molar refractivity (Wildman–Crippen MR) is 422 cm³/mol. The minimum absolute atomic E-state index is 0. The van der Waals surface area contributed by atoms with E-state index in [9.17, 15) is 9.18 Å². The molecule has 0 fully saturated rings. The van der Waals surface area contributed by atoms with E-state index in [-0.39, 0.29) is 20.0 Å². The van der Waals surface area contributed by atoms with Crippen LogP contribution < -0.4 is 10.5 Å². The number of unbranched alkanes of at least 4 members (excludes halogenated alkanes) is 1. The number of aromatic nitrogens is 3. The van der Waals surface area contributed by atoms with Crippen molar-refractivity contribution in [1.82, 2.24) is 15.0 Å². The van der Waals surface area contributed by atoms with Gasteiger partial charge in [0.25, 0.3) is 0 Å². The molecule has 3 N–H and O–H groups in total. The molecule has 2 atom stereocenters. The molecule has 0 aliphatic rings. The second kappa shape index (κ2) is 61.2. The monoisotopic (exact) mass is 1330 g/mol. The number of alkyl halides is 1. The van der Waals surface area contributed by atoms with Gasteiger partial charge in [0.05, 0.1) is 38.6 Å². The summed E-state index contributed by atoms with van der Waals surface area (Å²) in [4.78, 5) is 10.5. The molecule has 96 heavy (non-hydrogen) atoms. The first-order valence-corrected chi connectivity index (χ1v) is 35.7. The zero-order valence-electron chi connectivity index (χ0n) is 65.9. The molecule has 0 radical (unpaired) electrons. The Balaban J connectivity index is -0.000000318. The zero-order chi connectivity index (χ0) is 73.6. The summed E-state index contributed by atoms with van der Waals surface area (Å²) >= 11 is 0. The van der Waals surface area contributed by atoms with Crippen molar-refractivity contribution < 1.29 is 23.4 Å². The highest BCUT2D eigenvalue weighted by molar-refractivity contribution is 5.75. The minimum atomic E-state index is -0.648. The van der Waals surface area contributed by atoms with E-state index in [2.05, 4.69) is 279 Å². The number of furan rings is 1. The number of Topliss-reactive ketones (excluding diaryl/α,β-unsaturated/α-hetero) is 1. The number of nitrogens with two attached hydrogens (primary N) is 1. The van der Waals surface area contributed by atoms with Crippen LogP contribution in [0.15, 0.2) is 163 Å². The number of aryl methyl sites for hydroxylation is 2. The van der Waals surface area contributed by atoms with E-state index in [4.69, 9.17) is 20.0 Å². The lowest BCUT2D eigenvalue weighted by molar-refractivity contribution is -0.117. The molecule has 546 valence electrons.